The quantitative estimate of drug-likeness (QED) is 0.758. The second-order valence-corrected chi connectivity index (χ2v) is 6.95. The first-order valence-electron chi connectivity index (χ1n) is 7.20. The SMILES string of the molecule is CC1(C(=O)O)C2C=CC(C2)C1C1CC2C=CC1C2. The van der Waals surface area contributed by atoms with Gasteiger partial charge in [0.2, 0.25) is 0 Å². The molecule has 2 saturated carbocycles. The molecule has 2 fully saturated rings. The van der Waals surface area contributed by atoms with E-state index in [0.29, 0.717) is 23.7 Å². The molecule has 0 radical (unpaired) electrons. The molecule has 0 aromatic heterocycles. The van der Waals surface area contributed by atoms with Crippen LogP contribution in [0.4, 0.5) is 0 Å². The molecule has 0 aliphatic heterocycles. The first-order valence-corrected chi connectivity index (χ1v) is 7.20. The van der Waals surface area contributed by atoms with Gasteiger partial charge in [0.1, 0.15) is 0 Å². The van der Waals surface area contributed by atoms with Gasteiger partial charge in [0.05, 0.1) is 5.41 Å². The molecule has 7 unspecified atom stereocenters. The van der Waals surface area contributed by atoms with Crippen molar-refractivity contribution in [2.75, 3.05) is 0 Å². The average molecular weight is 244 g/mol. The average Bonchev–Trinajstić information content (AvgIpc) is 3.07. The van der Waals surface area contributed by atoms with Gasteiger partial charge in [0.15, 0.2) is 0 Å². The van der Waals surface area contributed by atoms with Gasteiger partial charge in [-0.15, -0.1) is 0 Å². The molecule has 0 heterocycles. The van der Waals surface area contributed by atoms with Crippen molar-refractivity contribution in [3.8, 4) is 0 Å². The van der Waals surface area contributed by atoms with Gasteiger partial charge in [-0.25, -0.2) is 0 Å². The van der Waals surface area contributed by atoms with Crippen LogP contribution in [0.5, 0.6) is 0 Å². The zero-order chi connectivity index (χ0) is 12.5. The van der Waals surface area contributed by atoms with E-state index in [1.807, 2.05) is 6.92 Å². The molecular formula is C16H20O2. The summed E-state index contributed by atoms with van der Waals surface area (Å²) in [5.74, 6) is 2.59. The summed E-state index contributed by atoms with van der Waals surface area (Å²) in [4.78, 5) is 11.8. The molecule has 4 bridgehead atoms. The Kier molecular flexibility index (Phi) is 1.98. The normalized spacial score (nSPS) is 55.6. The highest BCUT2D eigenvalue weighted by Gasteiger charge is 2.61. The van der Waals surface area contributed by atoms with Crippen molar-refractivity contribution in [3.63, 3.8) is 0 Å². The number of fused-ring (bicyclic) bond motifs is 4. The van der Waals surface area contributed by atoms with E-state index in [0.717, 1.165) is 12.3 Å². The third-order valence-electron chi connectivity index (χ3n) is 6.29. The Morgan fingerprint density at radius 2 is 1.89 bits per heavy atom. The summed E-state index contributed by atoms with van der Waals surface area (Å²) in [5.41, 5.74) is -0.512. The fraction of sp³-hybridized carbons (Fsp3) is 0.688. The minimum atomic E-state index is -0.573. The third kappa shape index (κ3) is 1.12. The lowest BCUT2D eigenvalue weighted by Gasteiger charge is -2.41. The molecule has 2 heteroatoms. The van der Waals surface area contributed by atoms with Crippen LogP contribution in [-0.2, 0) is 4.79 Å². The summed E-state index contributed by atoms with van der Waals surface area (Å²) >= 11 is 0. The fourth-order valence-corrected chi connectivity index (χ4v) is 5.43. The Morgan fingerprint density at radius 1 is 1.11 bits per heavy atom. The van der Waals surface area contributed by atoms with E-state index >= 15 is 0 Å². The van der Waals surface area contributed by atoms with Gasteiger partial charge in [-0.05, 0) is 61.7 Å². The van der Waals surface area contributed by atoms with Gasteiger partial charge in [-0.3, -0.25) is 4.79 Å². The van der Waals surface area contributed by atoms with Crippen LogP contribution in [0.15, 0.2) is 24.3 Å². The molecule has 0 spiro atoms. The Hall–Kier alpha value is -1.05. The molecule has 7 atom stereocenters. The van der Waals surface area contributed by atoms with Crippen molar-refractivity contribution in [2.24, 2.45) is 40.9 Å². The fourth-order valence-electron chi connectivity index (χ4n) is 5.43. The molecule has 1 N–H and O–H groups in total. The smallest absolute Gasteiger partial charge is 0.310 e. The number of hydrogen-bond acceptors (Lipinski definition) is 1. The van der Waals surface area contributed by atoms with E-state index < -0.39 is 11.4 Å². The molecule has 96 valence electrons. The first kappa shape index (κ1) is 10.8. The van der Waals surface area contributed by atoms with Crippen LogP contribution in [0.25, 0.3) is 0 Å². The Labute approximate surface area is 108 Å². The number of hydrogen-bond donors (Lipinski definition) is 1. The number of carboxylic acids is 1. The molecular weight excluding hydrogens is 224 g/mol. The predicted molar refractivity (Wildman–Crippen MR) is 68.8 cm³/mol. The largest absolute Gasteiger partial charge is 0.481 e. The molecule has 4 rings (SSSR count). The number of rotatable bonds is 2. The molecule has 2 nitrogen and oxygen atoms in total. The van der Waals surface area contributed by atoms with Gasteiger partial charge in [0.25, 0.3) is 0 Å². The van der Waals surface area contributed by atoms with E-state index in [1.165, 1.54) is 12.8 Å². The van der Waals surface area contributed by atoms with Crippen LogP contribution in [0.2, 0.25) is 0 Å². The van der Waals surface area contributed by atoms with Crippen molar-refractivity contribution in [3.05, 3.63) is 24.3 Å². The van der Waals surface area contributed by atoms with Crippen LogP contribution in [0.3, 0.4) is 0 Å². The van der Waals surface area contributed by atoms with Crippen LogP contribution in [0, 0.1) is 40.9 Å². The lowest BCUT2D eigenvalue weighted by Crippen LogP contribution is -2.43. The maximum atomic E-state index is 11.8. The lowest BCUT2D eigenvalue weighted by molar-refractivity contribution is -0.154. The number of aliphatic carboxylic acids is 1. The maximum absolute atomic E-state index is 11.8. The van der Waals surface area contributed by atoms with Gasteiger partial charge >= 0.3 is 5.97 Å². The summed E-state index contributed by atoms with van der Waals surface area (Å²) in [6.45, 7) is 2.00. The van der Waals surface area contributed by atoms with Crippen LogP contribution < -0.4 is 0 Å². The molecule has 0 saturated heterocycles. The van der Waals surface area contributed by atoms with Crippen molar-refractivity contribution in [2.45, 2.75) is 26.2 Å². The number of allylic oxidation sites excluding steroid dienone is 4. The summed E-state index contributed by atoms with van der Waals surface area (Å²) in [5, 5.41) is 9.74. The topological polar surface area (TPSA) is 37.3 Å². The van der Waals surface area contributed by atoms with Crippen LogP contribution in [0.1, 0.15) is 26.2 Å². The van der Waals surface area contributed by atoms with E-state index in [4.69, 9.17) is 0 Å². The molecule has 4 aliphatic carbocycles. The van der Waals surface area contributed by atoms with Crippen LogP contribution >= 0.6 is 0 Å². The van der Waals surface area contributed by atoms with E-state index in [-0.39, 0.29) is 5.92 Å². The Bertz CT molecular complexity index is 464. The molecule has 18 heavy (non-hydrogen) atoms. The second kappa shape index (κ2) is 3.28. The Balaban J connectivity index is 1.73. The molecule has 4 aliphatic rings. The number of carboxylic acid groups (broad SMARTS) is 1. The van der Waals surface area contributed by atoms with Crippen LogP contribution in [-0.4, -0.2) is 11.1 Å². The van der Waals surface area contributed by atoms with Crippen molar-refractivity contribution in [1.29, 1.82) is 0 Å². The van der Waals surface area contributed by atoms with Gasteiger partial charge in [-0.2, -0.15) is 0 Å². The predicted octanol–water partition coefficient (Wildman–Crippen LogP) is 3.11. The monoisotopic (exact) mass is 244 g/mol. The summed E-state index contributed by atoms with van der Waals surface area (Å²) < 4.78 is 0. The van der Waals surface area contributed by atoms with Crippen molar-refractivity contribution in [1.82, 2.24) is 0 Å². The van der Waals surface area contributed by atoms with Gasteiger partial charge in [0, 0.05) is 0 Å². The van der Waals surface area contributed by atoms with Gasteiger partial charge in [-0.1, -0.05) is 24.3 Å². The third-order valence-corrected chi connectivity index (χ3v) is 6.29. The van der Waals surface area contributed by atoms with E-state index in [1.54, 1.807) is 0 Å². The van der Waals surface area contributed by atoms with E-state index in [2.05, 4.69) is 24.3 Å². The second-order valence-electron chi connectivity index (χ2n) is 6.95. The zero-order valence-electron chi connectivity index (χ0n) is 10.8. The molecule has 0 amide bonds. The van der Waals surface area contributed by atoms with E-state index in [9.17, 15) is 9.90 Å². The number of carbonyl (C=O) groups is 1. The lowest BCUT2D eigenvalue weighted by atomic mass is 9.62. The minimum Gasteiger partial charge on any atom is -0.481 e. The zero-order valence-corrected chi connectivity index (χ0v) is 10.8. The highest BCUT2D eigenvalue weighted by Crippen LogP contribution is 2.63. The standard InChI is InChI=1S/C16H20O2/c1-16(15(17)18)12-5-4-11(8-12)14(16)13-7-9-2-3-10(13)6-9/h2-5,9-14H,6-8H2,1H3,(H,17,18). The summed E-state index contributed by atoms with van der Waals surface area (Å²) in [6.07, 6.45) is 12.8. The van der Waals surface area contributed by atoms with Crippen molar-refractivity contribution >= 4 is 5.97 Å². The Morgan fingerprint density at radius 3 is 2.50 bits per heavy atom. The highest BCUT2D eigenvalue weighted by molar-refractivity contribution is 5.76. The molecule has 0 aromatic rings. The maximum Gasteiger partial charge on any atom is 0.310 e. The van der Waals surface area contributed by atoms with Crippen molar-refractivity contribution < 1.29 is 9.90 Å². The highest BCUT2D eigenvalue weighted by atomic mass is 16.4. The van der Waals surface area contributed by atoms with Gasteiger partial charge < -0.3 is 5.11 Å². The minimum absolute atomic E-state index is 0.271. The molecule has 0 aromatic carbocycles. The first-order chi connectivity index (χ1) is 8.60. The summed E-state index contributed by atoms with van der Waals surface area (Å²) in [7, 11) is 0. The summed E-state index contributed by atoms with van der Waals surface area (Å²) in [6, 6.07) is 0.